The van der Waals surface area contributed by atoms with Gasteiger partial charge in [-0.05, 0) is 18.9 Å². The molecular weight excluding hydrogens is 258 g/mol. The topological polar surface area (TPSA) is 73.5 Å². The smallest absolute Gasteiger partial charge is 0.255 e. The molecule has 2 rings (SSSR count). The minimum absolute atomic E-state index is 0.00429. The van der Waals surface area contributed by atoms with Crippen LogP contribution in [0.3, 0.4) is 0 Å². The highest BCUT2D eigenvalue weighted by Crippen LogP contribution is 2.20. The first kappa shape index (κ1) is 14.3. The number of piperidine rings is 1. The number of carbonyl (C=O) groups is 2. The molecule has 0 spiro atoms. The third-order valence-corrected chi connectivity index (χ3v) is 3.60. The van der Waals surface area contributed by atoms with Crippen LogP contribution in [0.5, 0.6) is 0 Å². The number of hydrogen-bond donors (Lipinski definition) is 1. The number of nitrogens with one attached hydrogen (secondary N) is 1. The van der Waals surface area contributed by atoms with Crippen LogP contribution in [0.15, 0.2) is 23.1 Å². The zero-order valence-corrected chi connectivity index (χ0v) is 11.8. The van der Waals surface area contributed by atoms with Crippen LogP contribution < -0.4 is 5.56 Å². The van der Waals surface area contributed by atoms with Crippen molar-refractivity contribution >= 4 is 11.8 Å². The van der Waals surface area contributed by atoms with Crippen molar-refractivity contribution < 1.29 is 9.59 Å². The molecule has 0 bridgehead atoms. The molecule has 1 aromatic rings. The van der Waals surface area contributed by atoms with Crippen molar-refractivity contribution in [1.82, 2.24) is 14.8 Å². The lowest BCUT2D eigenvalue weighted by molar-refractivity contribution is -0.134. The van der Waals surface area contributed by atoms with Gasteiger partial charge in [0.2, 0.25) is 11.5 Å². The second kappa shape index (κ2) is 5.90. The molecular formula is C14H19N3O3. The van der Waals surface area contributed by atoms with Gasteiger partial charge in [0, 0.05) is 45.4 Å². The van der Waals surface area contributed by atoms with Crippen LogP contribution in [0.4, 0.5) is 0 Å². The Kier molecular flexibility index (Phi) is 4.22. The van der Waals surface area contributed by atoms with Crippen molar-refractivity contribution in [2.75, 3.05) is 27.2 Å². The minimum atomic E-state index is -0.225. The molecule has 1 fully saturated rings. The average Bonchev–Trinajstić information content (AvgIpc) is 2.46. The Hall–Kier alpha value is -2.11. The van der Waals surface area contributed by atoms with E-state index in [1.54, 1.807) is 23.9 Å². The van der Waals surface area contributed by atoms with E-state index < -0.39 is 0 Å². The molecule has 0 saturated carbocycles. The zero-order chi connectivity index (χ0) is 14.7. The normalized spacial score (nSPS) is 16.0. The SMILES string of the molecule is CN(C)C(=O)C1CCN(C(=O)c2ccc(=O)[nH]c2)CC1. The number of pyridine rings is 1. The van der Waals surface area contributed by atoms with E-state index in [0.29, 0.717) is 31.5 Å². The molecule has 20 heavy (non-hydrogen) atoms. The molecule has 0 aliphatic carbocycles. The fourth-order valence-electron chi connectivity index (χ4n) is 2.42. The summed E-state index contributed by atoms with van der Waals surface area (Å²) in [5.41, 5.74) is 0.249. The van der Waals surface area contributed by atoms with Crippen molar-refractivity contribution in [3.63, 3.8) is 0 Å². The summed E-state index contributed by atoms with van der Waals surface area (Å²) in [6.45, 7) is 1.14. The lowest BCUT2D eigenvalue weighted by atomic mass is 9.95. The molecule has 0 atom stereocenters. The lowest BCUT2D eigenvalue weighted by Crippen LogP contribution is -2.42. The predicted octanol–water partition coefficient (Wildman–Crippen LogP) is 0.315. The van der Waals surface area contributed by atoms with E-state index in [2.05, 4.69) is 4.98 Å². The number of amides is 2. The number of carbonyl (C=O) groups excluding carboxylic acids is 2. The number of aromatic nitrogens is 1. The second-order valence-corrected chi connectivity index (χ2v) is 5.24. The summed E-state index contributed by atoms with van der Waals surface area (Å²) >= 11 is 0. The minimum Gasteiger partial charge on any atom is -0.349 e. The first-order chi connectivity index (χ1) is 9.49. The van der Waals surface area contributed by atoms with Crippen LogP contribution in [0.1, 0.15) is 23.2 Å². The Morgan fingerprint density at radius 3 is 2.40 bits per heavy atom. The van der Waals surface area contributed by atoms with E-state index in [-0.39, 0.29) is 23.3 Å². The zero-order valence-electron chi connectivity index (χ0n) is 11.8. The molecule has 1 aliphatic rings. The maximum atomic E-state index is 12.2. The third-order valence-electron chi connectivity index (χ3n) is 3.60. The van der Waals surface area contributed by atoms with Crippen molar-refractivity contribution in [3.05, 3.63) is 34.2 Å². The number of likely N-dealkylation sites (tertiary alicyclic amines) is 1. The standard InChI is InChI=1S/C14H19N3O3/c1-16(2)13(19)10-5-7-17(8-6-10)14(20)11-3-4-12(18)15-9-11/h3-4,9-10H,5-8H2,1-2H3,(H,15,18). The molecule has 1 aromatic heterocycles. The molecule has 2 heterocycles. The highest BCUT2D eigenvalue weighted by molar-refractivity contribution is 5.94. The summed E-state index contributed by atoms with van der Waals surface area (Å²) < 4.78 is 0. The van der Waals surface area contributed by atoms with Crippen molar-refractivity contribution in [2.24, 2.45) is 5.92 Å². The van der Waals surface area contributed by atoms with E-state index >= 15 is 0 Å². The van der Waals surface area contributed by atoms with Gasteiger partial charge in [0.15, 0.2) is 0 Å². The van der Waals surface area contributed by atoms with Crippen molar-refractivity contribution in [3.8, 4) is 0 Å². The van der Waals surface area contributed by atoms with Crippen molar-refractivity contribution in [2.45, 2.75) is 12.8 Å². The maximum Gasteiger partial charge on any atom is 0.255 e. The monoisotopic (exact) mass is 277 g/mol. The number of rotatable bonds is 2. The van der Waals surface area contributed by atoms with Crippen LogP contribution in [-0.2, 0) is 4.79 Å². The van der Waals surface area contributed by atoms with Crippen LogP contribution in [0, 0.1) is 5.92 Å². The molecule has 1 saturated heterocycles. The summed E-state index contributed by atoms with van der Waals surface area (Å²) in [6.07, 6.45) is 2.81. The summed E-state index contributed by atoms with van der Waals surface area (Å²) in [4.78, 5) is 40.9. The van der Waals surface area contributed by atoms with Crippen LogP contribution in [0.25, 0.3) is 0 Å². The highest BCUT2D eigenvalue weighted by Gasteiger charge is 2.28. The third kappa shape index (κ3) is 3.07. The molecule has 1 aliphatic heterocycles. The fraction of sp³-hybridized carbons (Fsp3) is 0.500. The van der Waals surface area contributed by atoms with Gasteiger partial charge in [0.25, 0.3) is 5.91 Å². The molecule has 6 nitrogen and oxygen atoms in total. The van der Waals surface area contributed by atoms with Gasteiger partial charge >= 0.3 is 0 Å². The molecule has 2 amide bonds. The number of aromatic amines is 1. The Bertz CT molecular complexity index is 537. The van der Waals surface area contributed by atoms with E-state index in [4.69, 9.17) is 0 Å². The molecule has 6 heteroatoms. The Morgan fingerprint density at radius 2 is 1.90 bits per heavy atom. The Balaban J connectivity index is 1.97. The van der Waals surface area contributed by atoms with Gasteiger partial charge in [-0.1, -0.05) is 0 Å². The first-order valence-electron chi connectivity index (χ1n) is 6.68. The number of H-pyrrole nitrogens is 1. The Labute approximate surface area is 117 Å². The van der Waals surface area contributed by atoms with Gasteiger partial charge in [0.05, 0.1) is 5.56 Å². The van der Waals surface area contributed by atoms with Gasteiger partial charge in [-0.15, -0.1) is 0 Å². The van der Waals surface area contributed by atoms with Crippen molar-refractivity contribution in [1.29, 1.82) is 0 Å². The highest BCUT2D eigenvalue weighted by atomic mass is 16.2. The predicted molar refractivity (Wildman–Crippen MR) is 74.4 cm³/mol. The van der Waals surface area contributed by atoms with E-state index in [0.717, 1.165) is 0 Å². The van der Waals surface area contributed by atoms with Crippen LogP contribution >= 0.6 is 0 Å². The van der Waals surface area contributed by atoms with Gasteiger partial charge < -0.3 is 14.8 Å². The van der Waals surface area contributed by atoms with E-state index in [1.807, 2.05) is 0 Å². The molecule has 1 N–H and O–H groups in total. The van der Waals surface area contributed by atoms with Gasteiger partial charge in [-0.3, -0.25) is 14.4 Å². The summed E-state index contributed by atoms with van der Waals surface area (Å²) in [5.74, 6) is 0.0303. The van der Waals surface area contributed by atoms with Crippen LogP contribution in [-0.4, -0.2) is 53.8 Å². The molecule has 0 aromatic carbocycles. The molecule has 0 radical (unpaired) electrons. The summed E-state index contributed by atoms with van der Waals surface area (Å²) in [6, 6.07) is 2.87. The average molecular weight is 277 g/mol. The van der Waals surface area contributed by atoms with Crippen LogP contribution in [0.2, 0.25) is 0 Å². The summed E-state index contributed by atoms with van der Waals surface area (Å²) in [5, 5.41) is 0. The first-order valence-corrected chi connectivity index (χ1v) is 6.68. The summed E-state index contributed by atoms with van der Waals surface area (Å²) in [7, 11) is 3.50. The quantitative estimate of drug-likeness (QED) is 0.846. The van der Waals surface area contributed by atoms with Gasteiger partial charge in [-0.2, -0.15) is 0 Å². The number of hydrogen-bond acceptors (Lipinski definition) is 3. The molecule has 0 unspecified atom stereocenters. The van der Waals surface area contributed by atoms with E-state index in [1.165, 1.54) is 18.3 Å². The van der Waals surface area contributed by atoms with Gasteiger partial charge in [-0.25, -0.2) is 0 Å². The maximum absolute atomic E-state index is 12.2. The largest absolute Gasteiger partial charge is 0.349 e. The van der Waals surface area contributed by atoms with Gasteiger partial charge in [0.1, 0.15) is 0 Å². The second-order valence-electron chi connectivity index (χ2n) is 5.24. The Morgan fingerprint density at radius 1 is 1.25 bits per heavy atom. The fourth-order valence-corrected chi connectivity index (χ4v) is 2.42. The van der Waals surface area contributed by atoms with E-state index in [9.17, 15) is 14.4 Å². The lowest BCUT2D eigenvalue weighted by Gasteiger charge is -2.32. The number of nitrogens with zero attached hydrogens (tertiary/aromatic N) is 2. The molecule has 108 valence electrons.